The molecule has 0 rings (SSSR count). The van der Waals surface area contributed by atoms with Gasteiger partial charge in [0.05, 0.1) is 6.07 Å². The lowest BCUT2D eigenvalue weighted by atomic mass is 10.2. The van der Waals surface area contributed by atoms with Gasteiger partial charge in [0.2, 0.25) is 0 Å². The minimum Gasteiger partial charge on any atom is -0.303 e. The molecule has 0 saturated carbocycles. The molecule has 0 bridgehead atoms. The van der Waals surface area contributed by atoms with Crippen molar-refractivity contribution in [2.75, 3.05) is 0 Å². The Kier molecular flexibility index (Phi) is 4.42. The van der Waals surface area contributed by atoms with E-state index in [9.17, 15) is 4.79 Å². The van der Waals surface area contributed by atoms with Crippen molar-refractivity contribution in [3.63, 3.8) is 0 Å². The van der Waals surface area contributed by atoms with Crippen LogP contribution in [0.3, 0.4) is 0 Å². The highest BCUT2D eigenvalue weighted by Crippen LogP contribution is 1.99. The van der Waals surface area contributed by atoms with Gasteiger partial charge in [-0.3, -0.25) is 0 Å². The van der Waals surface area contributed by atoms with E-state index < -0.39 is 0 Å². The molecule has 0 atom stereocenters. The van der Waals surface area contributed by atoms with Crippen LogP contribution in [0.1, 0.15) is 6.42 Å². The number of carbonyl (C=O) groups is 1. The largest absolute Gasteiger partial charge is 0.303 e. The van der Waals surface area contributed by atoms with Crippen molar-refractivity contribution in [2.24, 2.45) is 0 Å². The summed E-state index contributed by atoms with van der Waals surface area (Å²) in [5.41, 5.74) is 1.04. The number of nitriles is 1. The van der Waals surface area contributed by atoms with E-state index in [-0.39, 0.29) is 0 Å². The van der Waals surface area contributed by atoms with Crippen LogP contribution in [-0.4, -0.2) is 6.29 Å². The quantitative estimate of drug-likeness (QED) is 0.345. The fourth-order valence-corrected chi connectivity index (χ4v) is 0.431. The van der Waals surface area contributed by atoms with E-state index in [1.54, 1.807) is 6.08 Å². The van der Waals surface area contributed by atoms with E-state index in [4.69, 9.17) is 5.26 Å². The average molecular weight is 147 g/mol. The maximum Gasteiger partial charge on any atom is 0.124 e. The summed E-state index contributed by atoms with van der Waals surface area (Å²) < 4.78 is 0. The zero-order valence-electron chi connectivity index (χ0n) is 6.21. The third-order valence-corrected chi connectivity index (χ3v) is 1.01. The Morgan fingerprint density at radius 1 is 1.45 bits per heavy atom. The van der Waals surface area contributed by atoms with E-state index in [2.05, 4.69) is 13.2 Å². The second-order valence-electron chi connectivity index (χ2n) is 2.00. The molecular formula is C9H9NO. The molecule has 0 radical (unpaired) electrons. The summed E-state index contributed by atoms with van der Waals surface area (Å²) in [7, 11) is 0. The number of carbonyl (C=O) groups excluding carboxylic acids is 1. The summed E-state index contributed by atoms with van der Waals surface area (Å²) in [6, 6.07) is 1.85. The highest BCUT2D eigenvalue weighted by Gasteiger charge is 1.86. The molecule has 0 heterocycles. The number of aldehydes is 1. The Morgan fingerprint density at radius 3 is 2.55 bits per heavy atom. The van der Waals surface area contributed by atoms with E-state index >= 15 is 0 Å². The number of rotatable bonds is 4. The smallest absolute Gasteiger partial charge is 0.124 e. The molecule has 11 heavy (non-hydrogen) atoms. The number of allylic oxidation sites excluding steroid dienone is 4. The number of nitrogens with zero attached hydrogens (tertiary/aromatic N) is 1. The van der Waals surface area contributed by atoms with Crippen molar-refractivity contribution < 1.29 is 4.79 Å². The number of hydrogen-bond acceptors (Lipinski definition) is 2. The molecule has 0 aromatic rings. The van der Waals surface area contributed by atoms with Gasteiger partial charge in [-0.15, -0.1) is 0 Å². The van der Waals surface area contributed by atoms with Crippen molar-refractivity contribution in [1.29, 1.82) is 5.26 Å². The fraction of sp³-hybridized carbons (Fsp3) is 0.111. The minimum atomic E-state index is 0.301. The molecule has 0 aliphatic heterocycles. The summed E-state index contributed by atoms with van der Waals surface area (Å²) in [5.74, 6) is 0. The second kappa shape index (κ2) is 5.19. The molecule has 2 heteroatoms. The minimum absolute atomic E-state index is 0.301. The lowest BCUT2D eigenvalue weighted by molar-refractivity contribution is -0.107. The van der Waals surface area contributed by atoms with Gasteiger partial charge in [0.1, 0.15) is 6.29 Å². The molecule has 0 aliphatic rings. The molecule has 56 valence electrons. The van der Waals surface area contributed by atoms with Gasteiger partial charge in [0, 0.05) is 12.0 Å². The highest BCUT2D eigenvalue weighted by molar-refractivity contribution is 5.55. The predicted molar refractivity (Wildman–Crippen MR) is 43.7 cm³/mol. The van der Waals surface area contributed by atoms with Crippen molar-refractivity contribution in [1.82, 2.24) is 0 Å². The van der Waals surface area contributed by atoms with Gasteiger partial charge in [-0.05, 0) is 11.6 Å². The summed E-state index contributed by atoms with van der Waals surface area (Å²) in [4.78, 5) is 9.95. The van der Waals surface area contributed by atoms with Crippen LogP contribution in [0.25, 0.3) is 0 Å². The van der Waals surface area contributed by atoms with Crippen LogP contribution in [-0.2, 0) is 4.79 Å². The van der Waals surface area contributed by atoms with E-state index in [0.29, 0.717) is 17.6 Å². The second-order valence-corrected chi connectivity index (χ2v) is 2.00. The van der Waals surface area contributed by atoms with Gasteiger partial charge in [0.15, 0.2) is 0 Å². The van der Waals surface area contributed by atoms with Gasteiger partial charge < -0.3 is 4.79 Å². The van der Waals surface area contributed by atoms with Gasteiger partial charge in [-0.25, -0.2) is 0 Å². The zero-order valence-corrected chi connectivity index (χ0v) is 6.21. The molecule has 0 N–H and O–H groups in total. The molecule has 0 saturated heterocycles. The zero-order chi connectivity index (χ0) is 8.69. The summed E-state index contributed by atoms with van der Waals surface area (Å²) >= 11 is 0. The molecule has 0 aliphatic carbocycles. The molecule has 2 nitrogen and oxygen atoms in total. The van der Waals surface area contributed by atoms with Crippen LogP contribution < -0.4 is 0 Å². The Hall–Kier alpha value is -1.62. The van der Waals surface area contributed by atoms with Gasteiger partial charge in [-0.2, -0.15) is 5.26 Å². The first kappa shape index (κ1) is 9.38. The lowest BCUT2D eigenvalue weighted by Gasteiger charge is -1.88. The van der Waals surface area contributed by atoms with Crippen molar-refractivity contribution in [3.05, 3.63) is 36.5 Å². The van der Waals surface area contributed by atoms with E-state index in [1.807, 2.05) is 6.07 Å². The lowest BCUT2D eigenvalue weighted by Crippen LogP contribution is -1.76. The summed E-state index contributed by atoms with van der Waals surface area (Å²) in [5, 5.41) is 8.28. The number of hydrogen-bond donors (Lipinski definition) is 0. The molecule has 0 fully saturated rings. The predicted octanol–water partition coefficient (Wildman–Crippen LogP) is 1.77. The van der Waals surface area contributed by atoms with E-state index in [0.717, 1.165) is 6.29 Å². The first-order chi connectivity index (χ1) is 5.20. The summed E-state index contributed by atoms with van der Waals surface area (Å²) in [6.07, 6.45) is 4.21. The summed E-state index contributed by atoms with van der Waals surface area (Å²) in [6.45, 7) is 7.01. The first-order valence-electron chi connectivity index (χ1n) is 3.09. The Labute approximate surface area is 66.1 Å². The monoisotopic (exact) mass is 147 g/mol. The van der Waals surface area contributed by atoms with E-state index in [1.165, 1.54) is 6.08 Å². The molecule has 0 unspecified atom stereocenters. The van der Waals surface area contributed by atoms with Crippen LogP contribution in [0.2, 0.25) is 0 Å². The molecular weight excluding hydrogens is 138 g/mol. The van der Waals surface area contributed by atoms with Crippen LogP contribution in [0.5, 0.6) is 0 Å². The molecule has 0 aromatic heterocycles. The van der Waals surface area contributed by atoms with Crippen molar-refractivity contribution in [2.45, 2.75) is 6.42 Å². The van der Waals surface area contributed by atoms with Crippen LogP contribution in [0.15, 0.2) is 36.5 Å². The fourth-order valence-electron chi connectivity index (χ4n) is 0.431. The van der Waals surface area contributed by atoms with Crippen LogP contribution in [0, 0.1) is 11.3 Å². The van der Waals surface area contributed by atoms with Gasteiger partial charge in [-0.1, -0.05) is 19.2 Å². The molecule has 0 amide bonds. The molecule has 0 aromatic carbocycles. The Balaban J connectivity index is 3.95. The standard InChI is InChI=1S/C9H9NO/c1-8(5-6-11)3-4-9(2)7-10/h3-4,6H,1-2,5H2/b4-3-. The average Bonchev–Trinajstić information content (AvgIpc) is 2.01. The normalized spacial score (nSPS) is 9.00. The van der Waals surface area contributed by atoms with Crippen LogP contribution in [0.4, 0.5) is 0 Å². The van der Waals surface area contributed by atoms with Crippen molar-refractivity contribution in [3.8, 4) is 6.07 Å². The first-order valence-corrected chi connectivity index (χ1v) is 3.09. The van der Waals surface area contributed by atoms with Gasteiger partial charge >= 0.3 is 0 Å². The van der Waals surface area contributed by atoms with Crippen molar-refractivity contribution >= 4 is 6.29 Å². The van der Waals surface area contributed by atoms with Crippen LogP contribution >= 0.6 is 0 Å². The van der Waals surface area contributed by atoms with Gasteiger partial charge in [0.25, 0.3) is 0 Å². The molecule has 0 spiro atoms. The third kappa shape index (κ3) is 4.86. The highest BCUT2D eigenvalue weighted by atomic mass is 16.1. The maximum absolute atomic E-state index is 9.95. The Morgan fingerprint density at radius 2 is 2.09 bits per heavy atom. The SMILES string of the molecule is C=C(C#N)/C=C\C(=C)CC=O. The maximum atomic E-state index is 9.95. The third-order valence-electron chi connectivity index (χ3n) is 1.01. The topological polar surface area (TPSA) is 40.9 Å². The Bertz CT molecular complexity index is 243.